The number of likely N-dealkylation sites (tertiary alicyclic amines) is 1. The molecule has 32 heavy (non-hydrogen) atoms. The highest BCUT2D eigenvalue weighted by atomic mass is 32.1. The van der Waals surface area contributed by atoms with Crippen molar-refractivity contribution in [3.05, 3.63) is 52.0 Å². The standard InChI is InChI=1S/C22H26F6N2OS/c1-3-31-20(21(23,24)25,22(26,27)28)19(9-8-18-5-4-12-32-18)10-11-30(15-19)14-17-7-6-16(2)29-13-17/h4-7,12-13H,3,8-11,14-15H2,1-2H3. The second kappa shape index (κ2) is 9.30. The lowest BCUT2D eigenvalue weighted by Crippen LogP contribution is -2.69. The Morgan fingerprint density at radius 1 is 1.12 bits per heavy atom. The van der Waals surface area contributed by atoms with Crippen LogP contribution in [0.4, 0.5) is 26.3 Å². The molecule has 1 saturated heterocycles. The predicted molar refractivity (Wildman–Crippen MR) is 110 cm³/mol. The number of thiophene rings is 1. The molecule has 0 aromatic carbocycles. The molecule has 10 heteroatoms. The van der Waals surface area contributed by atoms with Gasteiger partial charge in [0.15, 0.2) is 0 Å². The first kappa shape index (κ1) is 25.0. The van der Waals surface area contributed by atoms with E-state index in [1.165, 1.54) is 18.3 Å². The SMILES string of the molecule is CCOC(C(F)(F)F)(C(F)(F)F)C1(CCc2cccs2)CCN(Cc2ccc(C)nc2)C1. The second-order valence-corrected chi connectivity index (χ2v) is 9.27. The molecule has 178 valence electrons. The normalized spacial score (nSPS) is 20.8. The zero-order valence-electron chi connectivity index (χ0n) is 17.9. The Morgan fingerprint density at radius 3 is 2.38 bits per heavy atom. The monoisotopic (exact) mass is 480 g/mol. The van der Waals surface area contributed by atoms with Gasteiger partial charge in [-0.1, -0.05) is 12.1 Å². The quantitative estimate of drug-likeness (QED) is 0.422. The van der Waals surface area contributed by atoms with Crippen molar-refractivity contribution in [3.8, 4) is 0 Å². The van der Waals surface area contributed by atoms with Crippen LogP contribution in [0.3, 0.4) is 0 Å². The largest absolute Gasteiger partial charge is 0.427 e. The van der Waals surface area contributed by atoms with Gasteiger partial charge in [-0.2, -0.15) is 26.3 Å². The molecule has 1 atom stereocenters. The summed E-state index contributed by atoms with van der Waals surface area (Å²) < 4.78 is 90.8. The molecule has 3 heterocycles. The molecule has 1 unspecified atom stereocenters. The van der Waals surface area contributed by atoms with Gasteiger partial charge in [-0.15, -0.1) is 11.3 Å². The van der Waals surface area contributed by atoms with Crippen LogP contribution >= 0.6 is 11.3 Å². The minimum atomic E-state index is -5.61. The highest BCUT2D eigenvalue weighted by Gasteiger charge is 2.81. The maximum atomic E-state index is 14.3. The van der Waals surface area contributed by atoms with Crippen LogP contribution in [-0.2, 0) is 17.7 Å². The van der Waals surface area contributed by atoms with Gasteiger partial charge in [-0.25, -0.2) is 0 Å². The Labute approximate surface area is 187 Å². The Hall–Kier alpha value is -1.65. The van der Waals surface area contributed by atoms with E-state index >= 15 is 0 Å². The first-order valence-electron chi connectivity index (χ1n) is 10.4. The average molecular weight is 481 g/mol. The van der Waals surface area contributed by atoms with E-state index in [-0.39, 0.29) is 38.9 Å². The molecule has 0 bridgehead atoms. The summed E-state index contributed by atoms with van der Waals surface area (Å²) in [6, 6.07) is 7.02. The highest BCUT2D eigenvalue weighted by Crippen LogP contribution is 2.60. The number of pyridine rings is 1. The Bertz CT molecular complexity index is 852. The fraction of sp³-hybridized carbons (Fsp3) is 0.591. The van der Waals surface area contributed by atoms with Crippen LogP contribution in [0.25, 0.3) is 0 Å². The van der Waals surface area contributed by atoms with Gasteiger partial charge in [0.2, 0.25) is 0 Å². The predicted octanol–water partition coefficient (Wildman–Crippen LogP) is 6.18. The molecule has 0 aliphatic carbocycles. The number of hydrogen-bond acceptors (Lipinski definition) is 4. The van der Waals surface area contributed by atoms with Crippen molar-refractivity contribution >= 4 is 11.3 Å². The number of hydrogen-bond donors (Lipinski definition) is 0. The highest BCUT2D eigenvalue weighted by molar-refractivity contribution is 7.09. The lowest BCUT2D eigenvalue weighted by molar-refractivity contribution is -0.414. The van der Waals surface area contributed by atoms with E-state index in [9.17, 15) is 26.3 Å². The maximum Gasteiger partial charge on any atom is 0.427 e. The van der Waals surface area contributed by atoms with Crippen LogP contribution in [0.1, 0.15) is 35.9 Å². The number of aromatic nitrogens is 1. The number of aryl methyl sites for hydroxylation is 2. The minimum absolute atomic E-state index is 0.110. The summed E-state index contributed by atoms with van der Waals surface area (Å²) in [5, 5.41) is 1.76. The van der Waals surface area contributed by atoms with Gasteiger partial charge in [-0.3, -0.25) is 9.88 Å². The topological polar surface area (TPSA) is 25.4 Å². The van der Waals surface area contributed by atoms with E-state index in [0.717, 1.165) is 16.1 Å². The second-order valence-electron chi connectivity index (χ2n) is 8.24. The van der Waals surface area contributed by atoms with Gasteiger partial charge < -0.3 is 4.74 Å². The minimum Gasteiger partial charge on any atom is -0.358 e. The maximum absolute atomic E-state index is 14.3. The van der Waals surface area contributed by atoms with E-state index in [4.69, 9.17) is 4.74 Å². The Morgan fingerprint density at radius 2 is 1.84 bits per heavy atom. The zero-order chi connectivity index (χ0) is 23.6. The molecule has 1 aliphatic rings. The number of nitrogens with zero attached hydrogens (tertiary/aromatic N) is 2. The summed E-state index contributed by atoms with van der Waals surface area (Å²) in [4.78, 5) is 6.57. The molecule has 1 aliphatic heterocycles. The summed E-state index contributed by atoms with van der Waals surface area (Å²) in [6.07, 6.45) is -10.1. The van der Waals surface area contributed by atoms with E-state index in [1.54, 1.807) is 47.7 Å². The number of ether oxygens (including phenoxy) is 1. The van der Waals surface area contributed by atoms with Gasteiger partial charge in [0.05, 0.1) is 0 Å². The van der Waals surface area contributed by atoms with Gasteiger partial charge >= 0.3 is 12.4 Å². The zero-order valence-corrected chi connectivity index (χ0v) is 18.7. The summed E-state index contributed by atoms with van der Waals surface area (Å²) in [5.41, 5.74) is -4.88. The van der Waals surface area contributed by atoms with Crippen molar-refractivity contribution in [2.75, 3.05) is 19.7 Å². The summed E-state index contributed by atoms with van der Waals surface area (Å²) in [5.74, 6) is 0. The van der Waals surface area contributed by atoms with Gasteiger partial charge in [-0.05, 0) is 62.7 Å². The number of alkyl halides is 6. The van der Waals surface area contributed by atoms with Crippen molar-refractivity contribution in [2.24, 2.45) is 5.41 Å². The van der Waals surface area contributed by atoms with Gasteiger partial charge in [0.1, 0.15) is 0 Å². The Balaban J connectivity index is 2.00. The molecule has 2 aromatic rings. The average Bonchev–Trinajstić information content (AvgIpc) is 3.35. The van der Waals surface area contributed by atoms with Crippen molar-refractivity contribution in [1.29, 1.82) is 0 Å². The first-order valence-corrected chi connectivity index (χ1v) is 11.3. The van der Waals surface area contributed by atoms with Crippen molar-refractivity contribution < 1.29 is 31.1 Å². The molecule has 3 rings (SSSR count). The third-order valence-corrected chi connectivity index (χ3v) is 7.08. The molecule has 3 nitrogen and oxygen atoms in total. The van der Waals surface area contributed by atoms with Crippen LogP contribution in [0.2, 0.25) is 0 Å². The van der Waals surface area contributed by atoms with Crippen molar-refractivity contribution in [1.82, 2.24) is 9.88 Å². The molecule has 0 amide bonds. The molecule has 0 N–H and O–H groups in total. The van der Waals surface area contributed by atoms with E-state index in [2.05, 4.69) is 4.98 Å². The van der Waals surface area contributed by atoms with E-state index in [0.29, 0.717) is 0 Å². The molecule has 0 saturated carbocycles. The van der Waals surface area contributed by atoms with Crippen LogP contribution < -0.4 is 0 Å². The molecule has 2 aromatic heterocycles. The third kappa shape index (κ3) is 4.68. The lowest BCUT2D eigenvalue weighted by atomic mass is 9.66. The van der Waals surface area contributed by atoms with Gasteiger partial charge in [0, 0.05) is 41.9 Å². The molecule has 0 radical (unpaired) electrons. The van der Waals surface area contributed by atoms with Crippen molar-refractivity contribution in [3.63, 3.8) is 0 Å². The van der Waals surface area contributed by atoms with E-state index < -0.39 is 30.0 Å². The summed E-state index contributed by atoms with van der Waals surface area (Å²) in [7, 11) is 0. The summed E-state index contributed by atoms with van der Waals surface area (Å²) in [6.45, 7) is 2.25. The van der Waals surface area contributed by atoms with Crippen LogP contribution in [0.15, 0.2) is 35.8 Å². The van der Waals surface area contributed by atoms with Gasteiger partial charge in [0.25, 0.3) is 5.60 Å². The fourth-order valence-corrected chi connectivity index (χ4v) is 5.43. The Kier molecular flexibility index (Phi) is 7.26. The van der Waals surface area contributed by atoms with Crippen LogP contribution in [0.5, 0.6) is 0 Å². The van der Waals surface area contributed by atoms with Crippen molar-refractivity contribution in [2.45, 2.75) is 57.6 Å². The molecule has 1 fully saturated rings. The molecule has 0 spiro atoms. The van der Waals surface area contributed by atoms with Crippen LogP contribution in [0, 0.1) is 12.3 Å². The third-order valence-electron chi connectivity index (χ3n) is 6.15. The molecular formula is C22H26F6N2OS. The summed E-state index contributed by atoms with van der Waals surface area (Å²) >= 11 is 1.32. The fourth-order valence-electron chi connectivity index (χ4n) is 4.72. The smallest absolute Gasteiger partial charge is 0.358 e. The molecular weight excluding hydrogens is 454 g/mol. The number of halogens is 6. The van der Waals surface area contributed by atoms with E-state index in [1.807, 2.05) is 0 Å². The lowest BCUT2D eigenvalue weighted by Gasteiger charge is -2.49. The first-order chi connectivity index (χ1) is 14.9. The number of rotatable bonds is 8. The van der Waals surface area contributed by atoms with Crippen LogP contribution in [-0.4, -0.2) is 47.5 Å².